The van der Waals surface area contributed by atoms with Gasteiger partial charge in [0, 0.05) is 35.9 Å². The van der Waals surface area contributed by atoms with Gasteiger partial charge >= 0.3 is 0 Å². The predicted molar refractivity (Wildman–Crippen MR) is 99.3 cm³/mol. The van der Waals surface area contributed by atoms with Crippen LogP contribution in [0, 0.1) is 13.8 Å². The van der Waals surface area contributed by atoms with Gasteiger partial charge in [0.25, 0.3) is 11.8 Å². The van der Waals surface area contributed by atoms with Crippen LogP contribution >= 0.6 is 22.7 Å². The van der Waals surface area contributed by atoms with E-state index >= 15 is 0 Å². The molecule has 1 aliphatic rings. The van der Waals surface area contributed by atoms with Crippen molar-refractivity contribution < 1.29 is 9.59 Å². The number of amides is 2. The number of hydrogen-bond acceptors (Lipinski definition) is 4. The second-order valence-electron chi connectivity index (χ2n) is 6.04. The zero-order chi connectivity index (χ0) is 17.3. The monoisotopic (exact) mass is 362 g/mol. The molecule has 0 aliphatic carbocycles. The molecule has 6 heteroatoms. The molecule has 3 heterocycles. The average Bonchev–Trinajstić information content (AvgIpc) is 3.19. The minimum Gasteiger partial charge on any atom is -0.334 e. The van der Waals surface area contributed by atoms with E-state index in [1.165, 1.54) is 21.8 Å². The molecule has 1 aliphatic heterocycles. The van der Waals surface area contributed by atoms with Gasteiger partial charge in [0.2, 0.25) is 0 Å². The Morgan fingerprint density at radius 3 is 2.00 bits per heavy atom. The van der Waals surface area contributed by atoms with E-state index in [2.05, 4.69) is 13.8 Å². The summed E-state index contributed by atoms with van der Waals surface area (Å²) in [4.78, 5) is 32.8. The molecular formula is C18H22N2O2S2. The topological polar surface area (TPSA) is 40.6 Å². The van der Waals surface area contributed by atoms with Crippen LogP contribution in [0.1, 0.15) is 41.6 Å². The molecule has 0 aromatic carbocycles. The molecule has 0 saturated carbocycles. The Hall–Kier alpha value is -1.66. The molecule has 2 amide bonds. The third-order valence-electron chi connectivity index (χ3n) is 4.42. The Bertz CT molecular complexity index is 755. The van der Waals surface area contributed by atoms with E-state index in [9.17, 15) is 9.59 Å². The molecule has 24 heavy (non-hydrogen) atoms. The second kappa shape index (κ2) is 7.07. The maximum Gasteiger partial charge on any atom is 0.264 e. The highest BCUT2D eigenvalue weighted by molar-refractivity contribution is 7.14. The van der Waals surface area contributed by atoms with Crippen molar-refractivity contribution in [3.8, 4) is 0 Å². The molecule has 1 fully saturated rings. The van der Waals surface area contributed by atoms with Gasteiger partial charge in [-0.2, -0.15) is 0 Å². The number of piperazine rings is 1. The molecule has 0 unspecified atom stereocenters. The highest BCUT2D eigenvalue weighted by atomic mass is 32.1. The summed E-state index contributed by atoms with van der Waals surface area (Å²) in [7, 11) is 0. The van der Waals surface area contributed by atoms with Gasteiger partial charge in [-0.1, -0.05) is 6.92 Å². The summed E-state index contributed by atoms with van der Waals surface area (Å²) in [6.07, 6.45) is 0.956. The molecule has 0 bridgehead atoms. The standard InChI is InChI=1S/C18H22N2O2S2/c1-4-14-11-16(24-13(14)3)18(22)20-9-7-19(8-10-20)17(21)15-6-5-12(2)23-15/h5-6,11H,4,7-10H2,1-3H3. The van der Waals surface area contributed by atoms with E-state index in [0.29, 0.717) is 26.2 Å². The number of thiophene rings is 2. The lowest BCUT2D eigenvalue weighted by Crippen LogP contribution is -2.50. The average molecular weight is 363 g/mol. The number of nitrogens with zero attached hydrogens (tertiary/aromatic N) is 2. The molecule has 0 radical (unpaired) electrons. The fourth-order valence-electron chi connectivity index (χ4n) is 2.95. The first kappa shape index (κ1) is 17.2. The Balaban J connectivity index is 1.62. The van der Waals surface area contributed by atoms with E-state index < -0.39 is 0 Å². The number of carbonyl (C=O) groups is 2. The molecule has 0 atom stereocenters. The van der Waals surface area contributed by atoms with Gasteiger partial charge < -0.3 is 9.80 Å². The van der Waals surface area contributed by atoms with Gasteiger partial charge in [-0.15, -0.1) is 22.7 Å². The van der Waals surface area contributed by atoms with Gasteiger partial charge in [0.15, 0.2) is 0 Å². The van der Waals surface area contributed by atoms with Crippen LogP contribution in [0.15, 0.2) is 18.2 Å². The lowest BCUT2D eigenvalue weighted by atomic mass is 10.2. The van der Waals surface area contributed by atoms with E-state index in [-0.39, 0.29) is 11.8 Å². The highest BCUT2D eigenvalue weighted by Gasteiger charge is 2.27. The van der Waals surface area contributed by atoms with Gasteiger partial charge in [-0.3, -0.25) is 9.59 Å². The Labute approximate surface area is 150 Å². The van der Waals surface area contributed by atoms with E-state index in [1.807, 2.05) is 34.9 Å². The van der Waals surface area contributed by atoms with Crippen molar-refractivity contribution in [1.82, 2.24) is 9.80 Å². The van der Waals surface area contributed by atoms with Crippen molar-refractivity contribution in [1.29, 1.82) is 0 Å². The van der Waals surface area contributed by atoms with Crippen molar-refractivity contribution in [3.63, 3.8) is 0 Å². The lowest BCUT2D eigenvalue weighted by molar-refractivity contribution is 0.0540. The number of rotatable bonds is 3. The van der Waals surface area contributed by atoms with Gasteiger partial charge in [0.1, 0.15) is 0 Å². The molecule has 0 N–H and O–H groups in total. The summed E-state index contributed by atoms with van der Waals surface area (Å²) in [5.41, 5.74) is 1.25. The van der Waals surface area contributed by atoms with Crippen LogP contribution in [-0.2, 0) is 6.42 Å². The second-order valence-corrected chi connectivity index (χ2v) is 8.58. The Morgan fingerprint density at radius 1 is 0.958 bits per heavy atom. The van der Waals surface area contributed by atoms with Crippen molar-refractivity contribution in [3.05, 3.63) is 43.3 Å². The largest absolute Gasteiger partial charge is 0.334 e. The van der Waals surface area contributed by atoms with Crippen molar-refractivity contribution >= 4 is 34.5 Å². The molecule has 0 spiro atoms. The molecular weight excluding hydrogens is 340 g/mol. The molecule has 3 rings (SSSR count). The highest BCUT2D eigenvalue weighted by Crippen LogP contribution is 2.24. The Kier molecular flexibility index (Phi) is 5.06. The normalized spacial score (nSPS) is 15.0. The van der Waals surface area contributed by atoms with Crippen LogP contribution in [0.25, 0.3) is 0 Å². The Morgan fingerprint density at radius 2 is 1.54 bits per heavy atom. The quantitative estimate of drug-likeness (QED) is 0.837. The smallest absolute Gasteiger partial charge is 0.264 e. The van der Waals surface area contributed by atoms with E-state index in [0.717, 1.165) is 21.1 Å². The maximum atomic E-state index is 12.7. The first-order valence-corrected chi connectivity index (χ1v) is 9.87. The minimum atomic E-state index is 0.0837. The summed E-state index contributed by atoms with van der Waals surface area (Å²) >= 11 is 3.11. The fraction of sp³-hybridized carbons (Fsp3) is 0.444. The summed E-state index contributed by atoms with van der Waals surface area (Å²) in [6.45, 7) is 8.60. The summed E-state index contributed by atoms with van der Waals surface area (Å²) in [5, 5.41) is 0. The van der Waals surface area contributed by atoms with Crippen LogP contribution in [0.2, 0.25) is 0 Å². The SMILES string of the molecule is CCc1cc(C(=O)N2CCN(C(=O)c3ccc(C)s3)CC2)sc1C. The summed E-state index contributed by atoms with van der Waals surface area (Å²) in [5.74, 6) is 0.183. The van der Waals surface area contributed by atoms with Gasteiger partial charge in [0.05, 0.1) is 9.75 Å². The number of hydrogen-bond donors (Lipinski definition) is 0. The minimum absolute atomic E-state index is 0.0837. The van der Waals surface area contributed by atoms with E-state index in [4.69, 9.17) is 0 Å². The first-order chi connectivity index (χ1) is 11.5. The van der Waals surface area contributed by atoms with Crippen molar-refractivity contribution in [2.45, 2.75) is 27.2 Å². The van der Waals surface area contributed by atoms with Crippen LogP contribution in [0.4, 0.5) is 0 Å². The lowest BCUT2D eigenvalue weighted by Gasteiger charge is -2.34. The molecule has 2 aromatic heterocycles. The van der Waals surface area contributed by atoms with Crippen molar-refractivity contribution in [2.75, 3.05) is 26.2 Å². The van der Waals surface area contributed by atoms with Crippen LogP contribution in [-0.4, -0.2) is 47.8 Å². The third kappa shape index (κ3) is 3.39. The molecule has 4 nitrogen and oxygen atoms in total. The first-order valence-electron chi connectivity index (χ1n) is 8.24. The third-order valence-corrected chi connectivity index (χ3v) is 6.49. The maximum absolute atomic E-state index is 12.7. The van der Waals surface area contributed by atoms with E-state index in [1.54, 1.807) is 11.3 Å². The number of aryl methyl sites for hydroxylation is 3. The number of carbonyl (C=O) groups excluding carboxylic acids is 2. The zero-order valence-electron chi connectivity index (χ0n) is 14.3. The zero-order valence-corrected chi connectivity index (χ0v) is 15.9. The van der Waals surface area contributed by atoms with Crippen molar-refractivity contribution in [2.24, 2.45) is 0 Å². The van der Waals surface area contributed by atoms with Crippen LogP contribution < -0.4 is 0 Å². The van der Waals surface area contributed by atoms with Gasteiger partial charge in [-0.25, -0.2) is 0 Å². The molecule has 1 saturated heterocycles. The fourth-order valence-corrected chi connectivity index (χ4v) is 4.87. The van der Waals surface area contributed by atoms with Crippen LogP contribution in [0.3, 0.4) is 0 Å². The molecule has 128 valence electrons. The van der Waals surface area contributed by atoms with Gasteiger partial charge in [-0.05, 0) is 44.0 Å². The predicted octanol–water partition coefficient (Wildman–Crippen LogP) is 3.59. The summed E-state index contributed by atoms with van der Waals surface area (Å²) in [6, 6.07) is 5.89. The van der Waals surface area contributed by atoms with Crippen LogP contribution in [0.5, 0.6) is 0 Å². The summed E-state index contributed by atoms with van der Waals surface area (Å²) < 4.78 is 0. The molecule has 2 aromatic rings.